The predicted molar refractivity (Wildman–Crippen MR) is 139 cm³/mol. The van der Waals surface area contributed by atoms with Crippen LogP contribution >= 0.6 is 0 Å². The summed E-state index contributed by atoms with van der Waals surface area (Å²) < 4.78 is 21.6. The van der Waals surface area contributed by atoms with Crippen LogP contribution in [-0.4, -0.2) is 95.7 Å². The monoisotopic (exact) mass is 592 g/mol. The lowest BCUT2D eigenvalue weighted by Crippen LogP contribution is -2.60. The van der Waals surface area contributed by atoms with E-state index in [4.69, 9.17) is 23.7 Å². The third kappa shape index (κ3) is 6.56. The Morgan fingerprint density at radius 3 is 2.26 bits per heavy atom. The minimum atomic E-state index is -1.93. The number of benzene rings is 2. The summed E-state index contributed by atoms with van der Waals surface area (Å²) in [6.45, 7) is 0.395. The second-order valence-electron chi connectivity index (χ2n) is 10.0. The van der Waals surface area contributed by atoms with Crippen LogP contribution in [0.2, 0.25) is 0 Å². The number of hydrogen-bond donors (Lipinski definition) is 8. The molecule has 0 amide bonds. The minimum absolute atomic E-state index is 0.0309. The van der Waals surface area contributed by atoms with E-state index in [1.165, 1.54) is 24.3 Å². The number of rotatable bonds is 9. The van der Waals surface area contributed by atoms with Gasteiger partial charge >= 0.3 is 11.9 Å². The number of carbonyl (C=O) groups excluding carboxylic acids is 1. The van der Waals surface area contributed by atoms with Gasteiger partial charge in [0.2, 0.25) is 12.0 Å². The Morgan fingerprint density at radius 2 is 1.62 bits per heavy atom. The van der Waals surface area contributed by atoms with E-state index >= 15 is 0 Å². The highest BCUT2D eigenvalue weighted by atomic mass is 16.7. The van der Waals surface area contributed by atoms with E-state index in [-0.39, 0.29) is 17.1 Å². The van der Waals surface area contributed by atoms with Gasteiger partial charge in [-0.1, -0.05) is 0 Å². The molecule has 15 heteroatoms. The van der Waals surface area contributed by atoms with E-state index in [0.29, 0.717) is 5.56 Å². The quantitative estimate of drug-likeness (QED) is 0.119. The summed E-state index contributed by atoms with van der Waals surface area (Å²) in [5.74, 6) is -4.80. The van der Waals surface area contributed by atoms with Crippen molar-refractivity contribution in [1.82, 2.24) is 0 Å². The number of ether oxygens (including phenoxy) is 3. The first-order chi connectivity index (χ1) is 19.7. The van der Waals surface area contributed by atoms with Crippen LogP contribution in [0, 0.1) is 0 Å². The van der Waals surface area contributed by atoms with E-state index in [1.54, 1.807) is 0 Å². The van der Waals surface area contributed by atoms with Gasteiger partial charge in [0.15, 0.2) is 16.9 Å². The molecule has 0 spiro atoms. The molecule has 4 rings (SSSR count). The Morgan fingerprint density at radius 1 is 0.952 bits per heavy atom. The second-order valence-corrected chi connectivity index (χ2v) is 10.0. The Labute approximate surface area is 236 Å². The smallest absolute Gasteiger partial charge is 0.308 e. The average Bonchev–Trinajstić information content (AvgIpc) is 2.90. The van der Waals surface area contributed by atoms with Crippen LogP contribution in [0.1, 0.15) is 19.8 Å². The number of aliphatic hydroxyl groups is 4. The van der Waals surface area contributed by atoms with Gasteiger partial charge in [0.25, 0.3) is 0 Å². The zero-order valence-corrected chi connectivity index (χ0v) is 21.9. The maximum atomic E-state index is 12.7. The summed E-state index contributed by atoms with van der Waals surface area (Å²) in [5.41, 5.74) is -2.51. The number of aliphatic carboxylic acids is 1. The van der Waals surface area contributed by atoms with Gasteiger partial charge in [0.1, 0.15) is 53.5 Å². The van der Waals surface area contributed by atoms with Gasteiger partial charge < -0.3 is 59.5 Å². The van der Waals surface area contributed by atoms with Crippen molar-refractivity contribution in [2.45, 2.75) is 56.1 Å². The molecule has 42 heavy (non-hydrogen) atoms. The fourth-order valence-electron chi connectivity index (χ4n) is 4.33. The number of phenols is 3. The summed E-state index contributed by atoms with van der Waals surface area (Å²) in [6, 6.07) is 7.73. The molecule has 2 heterocycles. The van der Waals surface area contributed by atoms with Crippen LogP contribution in [0.15, 0.2) is 45.6 Å². The Hall–Kier alpha value is -4.41. The van der Waals surface area contributed by atoms with Gasteiger partial charge in [-0.2, -0.15) is 0 Å². The van der Waals surface area contributed by atoms with Crippen LogP contribution < -0.4 is 10.2 Å². The molecule has 1 aliphatic heterocycles. The molecule has 226 valence electrons. The number of phenolic OH excluding ortho intramolecular Hbond substituents is 3. The Bertz CT molecular complexity index is 1530. The first-order valence-electron chi connectivity index (χ1n) is 12.4. The third-order valence-corrected chi connectivity index (χ3v) is 6.46. The van der Waals surface area contributed by atoms with Crippen molar-refractivity contribution in [1.29, 1.82) is 0 Å². The summed E-state index contributed by atoms with van der Waals surface area (Å²) in [7, 11) is 0. The number of hydrogen-bond acceptors (Lipinski definition) is 14. The summed E-state index contributed by atoms with van der Waals surface area (Å²) in [6.07, 6.45) is -10.4. The average molecular weight is 593 g/mol. The minimum Gasteiger partial charge on any atom is -0.508 e. The van der Waals surface area contributed by atoms with E-state index in [0.717, 1.165) is 19.1 Å². The molecular weight excluding hydrogens is 564 g/mol. The van der Waals surface area contributed by atoms with E-state index < -0.39 is 95.8 Å². The molecule has 15 nitrogen and oxygen atoms in total. The van der Waals surface area contributed by atoms with Crippen molar-refractivity contribution in [2.75, 3.05) is 6.61 Å². The first-order valence-corrected chi connectivity index (χ1v) is 12.4. The number of esters is 1. The Kier molecular flexibility index (Phi) is 8.60. The molecule has 1 saturated heterocycles. The number of aromatic hydroxyl groups is 3. The van der Waals surface area contributed by atoms with Crippen LogP contribution in [0.25, 0.3) is 22.3 Å². The summed E-state index contributed by atoms with van der Waals surface area (Å²) in [5, 5.41) is 80.1. The van der Waals surface area contributed by atoms with Crippen molar-refractivity contribution in [2.24, 2.45) is 0 Å². The largest absolute Gasteiger partial charge is 0.508 e. The van der Waals surface area contributed by atoms with Crippen molar-refractivity contribution in [3.63, 3.8) is 0 Å². The molecule has 3 aromatic rings. The second kappa shape index (κ2) is 11.8. The van der Waals surface area contributed by atoms with E-state index in [2.05, 4.69) is 0 Å². The van der Waals surface area contributed by atoms with Crippen molar-refractivity contribution >= 4 is 22.9 Å². The first kappa shape index (κ1) is 30.5. The summed E-state index contributed by atoms with van der Waals surface area (Å²) >= 11 is 0. The maximum Gasteiger partial charge on any atom is 0.308 e. The van der Waals surface area contributed by atoms with Gasteiger partial charge in [-0.3, -0.25) is 14.4 Å². The molecular formula is C27H28O15. The third-order valence-electron chi connectivity index (χ3n) is 6.46. The molecule has 0 unspecified atom stereocenters. The summed E-state index contributed by atoms with van der Waals surface area (Å²) in [4.78, 5) is 35.7. The predicted octanol–water partition coefficient (Wildman–Crippen LogP) is -0.0778. The lowest BCUT2D eigenvalue weighted by Gasteiger charge is -2.40. The fourth-order valence-corrected chi connectivity index (χ4v) is 4.33. The van der Waals surface area contributed by atoms with Gasteiger partial charge in [0.05, 0.1) is 18.4 Å². The van der Waals surface area contributed by atoms with Crippen molar-refractivity contribution in [3.8, 4) is 34.3 Å². The SMILES string of the molecule is C[C@](O)(CC(=O)O)CC(=O)OC[C@H]1O[C@@H](Oc2cc3oc(-c4ccc(O)cc4)cc(=O)c3c(O)c2O)[C@@H](O)[C@@H](O)[C@@H]1O. The number of fused-ring (bicyclic) bond motifs is 1. The maximum absolute atomic E-state index is 12.7. The molecule has 0 aliphatic carbocycles. The number of carboxylic acids is 1. The number of aliphatic hydroxyl groups excluding tert-OH is 3. The molecule has 1 aliphatic rings. The van der Waals surface area contributed by atoms with Crippen molar-refractivity contribution in [3.05, 3.63) is 46.6 Å². The molecule has 0 bridgehead atoms. The Balaban J connectivity index is 1.56. The van der Waals surface area contributed by atoms with Gasteiger partial charge in [-0.25, -0.2) is 0 Å². The number of carbonyl (C=O) groups is 2. The highest BCUT2D eigenvalue weighted by Gasteiger charge is 2.46. The molecule has 1 fully saturated rings. The normalized spacial score (nSPS) is 23.7. The van der Waals surface area contributed by atoms with Crippen LogP contribution in [-0.2, 0) is 19.1 Å². The number of carboxylic acid groups (broad SMARTS) is 1. The van der Waals surface area contributed by atoms with Gasteiger partial charge in [-0.15, -0.1) is 0 Å². The van der Waals surface area contributed by atoms with Crippen LogP contribution in [0.4, 0.5) is 0 Å². The topological polar surface area (TPSA) is 254 Å². The van der Waals surface area contributed by atoms with Gasteiger partial charge in [-0.05, 0) is 31.2 Å². The van der Waals surface area contributed by atoms with Gasteiger partial charge in [0, 0.05) is 17.7 Å². The standard InChI is InChI=1S/C27H28O15/c1-27(38,8-18(30)31)9-19(32)39-10-17-22(34)24(36)25(37)26(42-17)41-16-7-15-20(23(35)21(16)33)13(29)6-14(40-15)11-2-4-12(28)5-3-11/h2-7,17,22,24-26,28,33-38H,8-10H2,1H3,(H,30,31)/t17-,22-,24+,25+,26-,27+/m1/s1. The zero-order valence-electron chi connectivity index (χ0n) is 21.9. The molecule has 1 aromatic heterocycles. The lowest BCUT2D eigenvalue weighted by atomic mass is 9.98. The van der Waals surface area contributed by atoms with Crippen LogP contribution in [0.3, 0.4) is 0 Å². The highest BCUT2D eigenvalue weighted by Crippen LogP contribution is 2.42. The molecule has 0 saturated carbocycles. The molecule has 6 atom stereocenters. The zero-order chi connectivity index (χ0) is 30.9. The highest BCUT2D eigenvalue weighted by molar-refractivity contribution is 5.89. The van der Waals surface area contributed by atoms with Crippen molar-refractivity contribution < 1.29 is 69.1 Å². The fraction of sp³-hybridized carbons (Fsp3) is 0.370. The van der Waals surface area contributed by atoms with Crippen LogP contribution in [0.5, 0.6) is 23.0 Å². The lowest BCUT2D eigenvalue weighted by molar-refractivity contribution is -0.278. The van der Waals surface area contributed by atoms with E-state index in [1.807, 2.05) is 0 Å². The molecule has 8 N–H and O–H groups in total. The molecule has 2 aromatic carbocycles. The van der Waals surface area contributed by atoms with E-state index in [9.17, 15) is 50.1 Å². The molecule has 0 radical (unpaired) electrons.